The minimum Gasteiger partial charge on any atom is -0.398 e. The standard InChI is InChI=1S/C11H9BrN2OS/c12-10-8(2-1-3-9(10)13)11(15)14-7-4-5-16-6-7/h1-6H,13H2,(H,14,15). The second-order valence-electron chi connectivity index (χ2n) is 3.17. The van der Waals surface area contributed by atoms with Crippen LogP contribution in [0.15, 0.2) is 39.5 Å². The maximum Gasteiger partial charge on any atom is 0.256 e. The summed E-state index contributed by atoms with van der Waals surface area (Å²) < 4.78 is 0.628. The van der Waals surface area contributed by atoms with E-state index < -0.39 is 0 Å². The summed E-state index contributed by atoms with van der Waals surface area (Å²) >= 11 is 4.83. The van der Waals surface area contributed by atoms with E-state index in [1.54, 1.807) is 18.2 Å². The summed E-state index contributed by atoms with van der Waals surface area (Å²) in [6.07, 6.45) is 0. The lowest BCUT2D eigenvalue weighted by atomic mass is 10.2. The molecule has 0 bridgehead atoms. The number of nitrogens with one attached hydrogen (secondary N) is 1. The monoisotopic (exact) mass is 296 g/mol. The second-order valence-corrected chi connectivity index (χ2v) is 4.75. The first-order chi connectivity index (χ1) is 7.68. The SMILES string of the molecule is Nc1cccc(C(=O)Nc2ccsc2)c1Br. The third-order valence-corrected chi connectivity index (χ3v) is 3.62. The normalized spacial score (nSPS) is 10.1. The molecule has 1 heterocycles. The van der Waals surface area contributed by atoms with E-state index in [4.69, 9.17) is 5.73 Å². The Balaban J connectivity index is 2.24. The number of carbonyl (C=O) groups excluding carboxylic acids is 1. The minimum atomic E-state index is -0.169. The molecule has 0 spiro atoms. The van der Waals surface area contributed by atoms with Crippen molar-refractivity contribution in [3.05, 3.63) is 45.1 Å². The Kier molecular flexibility index (Phi) is 3.26. The van der Waals surface area contributed by atoms with Gasteiger partial charge in [-0.25, -0.2) is 0 Å². The Labute approximate surface area is 105 Å². The first-order valence-corrected chi connectivity index (χ1v) is 6.29. The lowest BCUT2D eigenvalue weighted by Gasteiger charge is -2.06. The van der Waals surface area contributed by atoms with Crippen molar-refractivity contribution in [1.82, 2.24) is 0 Å². The fourth-order valence-corrected chi connectivity index (χ4v) is 2.29. The Morgan fingerprint density at radius 3 is 2.88 bits per heavy atom. The molecule has 3 nitrogen and oxygen atoms in total. The molecule has 0 unspecified atom stereocenters. The molecular formula is C11H9BrN2OS. The highest BCUT2D eigenvalue weighted by Crippen LogP contribution is 2.24. The quantitative estimate of drug-likeness (QED) is 0.835. The van der Waals surface area contributed by atoms with Crippen molar-refractivity contribution in [3.8, 4) is 0 Å². The van der Waals surface area contributed by atoms with Gasteiger partial charge in [-0.3, -0.25) is 4.79 Å². The largest absolute Gasteiger partial charge is 0.398 e. The van der Waals surface area contributed by atoms with E-state index in [1.807, 2.05) is 16.8 Å². The van der Waals surface area contributed by atoms with Crippen LogP contribution in [0.3, 0.4) is 0 Å². The summed E-state index contributed by atoms with van der Waals surface area (Å²) in [6.45, 7) is 0. The van der Waals surface area contributed by atoms with Crippen LogP contribution in [0.5, 0.6) is 0 Å². The highest BCUT2D eigenvalue weighted by molar-refractivity contribution is 9.10. The Bertz CT molecular complexity index is 511. The van der Waals surface area contributed by atoms with Gasteiger partial charge in [0, 0.05) is 11.1 Å². The Morgan fingerprint density at radius 1 is 1.38 bits per heavy atom. The first kappa shape index (κ1) is 11.2. The van der Waals surface area contributed by atoms with Gasteiger partial charge < -0.3 is 11.1 Å². The predicted octanol–water partition coefficient (Wildman–Crippen LogP) is 3.35. The van der Waals surface area contributed by atoms with Gasteiger partial charge >= 0.3 is 0 Å². The molecule has 0 saturated carbocycles. The summed E-state index contributed by atoms with van der Waals surface area (Å²) in [7, 11) is 0. The van der Waals surface area contributed by atoms with E-state index in [1.165, 1.54) is 11.3 Å². The van der Waals surface area contributed by atoms with Gasteiger partial charge in [0.15, 0.2) is 0 Å². The number of thiophene rings is 1. The molecule has 1 aromatic carbocycles. The molecule has 0 saturated heterocycles. The molecule has 1 aromatic heterocycles. The number of amides is 1. The summed E-state index contributed by atoms with van der Waals surface area (Å²) in [5.74, 6) is -0.169. The molecule has 1 amide bonds. The third-order valence-electron chi connectivity index (χ3n) is 2.05. The van der Waals surface area contributed by atoms with Crippen LogP contribution in [0.2, 0.25) is 0 Å². The summed E-state index contributed by atoms with van der Waals surface area (Å²) in [4.78, 5) is 11.9. The number of halogens is 1. The molecule has 2 aromatic rings. The van der Waals surface area contributed by atoms with Crippen molar-refractivity contribution in [2.75, 3.05) is 11.1 Å². The van der Waals surface area contributed by atoms with Gasteiger partial charge in [-0.15, -0.1) is 0 Å². The summed E-state index contributed by atoms with van der Waals surface area (Å²) in [5, 5.41) is 6.57. The third kappa shape index (κ3) is 2.25. The van der Waals surface area contributed by atoms with Crippen molar-refractivity contribution < 1.29 is 4.79 Å². The molecule has 5 heteroatoms. The smallest absolute Gasteiger partial charge is 0.256 e. The summed E-state index contributed by atoms with van der Waals surface area (Å²) in [5.41, 5.74) is 7.59. The van der Waals surface area contributed by atoms with Gasteiger partial charge in [-0.2, -0.15) is 11.3 Å². The lowest BCUT2D eigenvalue weighted by Crippen LogP contribution is -2.12. The van der Waals surface area contributed by atoms with Gasteiger partial charge in [0.05, 0.1) is 15.7 Å². The van der Waals surface area contributed by atoms with Crippen LogP contribution < -0.4 is 11.1 Å². The maximum atomic E-state index is 11.9. The fraction of sp³-hybridized carbons (Fsp3) is 0. The van der Waals surface area contributed by atoms with Crippen LogP contribution in [-0.4, -0.2) is 5.91 Å². The number of nitrogens with two attached hydrogens (primary N) is 1. The highest BCUT2D eigenvalue weighted by atomic mass is 79.9. The average Bonchev–Trinajstić information content (AvgIpc) is 2.74. The number of benzene rings is 1. The molecule has 0 radical (unpaired) electrons. The van der Waals surface area contributed by atoms with Crippen LogP contribution in [0.25, 0.3) is 0 Å². The highest BCUT2D eigenvalue weighted by Gasteiger charge is 2.11. The number of hydrogen-bond acceptors (Lipinski definition) is 3. The molecule has 0 aliphatic rings. The fourth-order valence-electron chi connectivity index (χ4n) is 1.26. The minimum absolute atomic E-state index is 0.169. The van der Waals surface area contributed by atoms with Gasteiger partial charge in [-0.1, -0.05) is 6.07 Å². The number of anilines is 2. The van der Waals surface area contributed by atoms with Crippen LogP contribution >= 0.6 is 27.3 Å². The Hall–Kier alpha value is -1.33. The lowest BCUT2D eigenvalue weighted by molar-refractivity contribution is 0.102. The van der Waals surface area contributed by atoms with Gasteiger partial charge in [0.1, 0.15) is 0 Å². The zero-order chi connectivity index (χ0) is 11.5. The molecule has 0 fully saturated rings. The summed E-state index contributed by atoms with van der Waals surface area (Å²) in [6, 6.07) is 7.07. The van der Waals surface area contributed by atoms with Crippen molar-refractivity contribution in [3.63, 3.8) is 0 Å². The van der Waals surface area contributed by atoms with Gasteiger partial charge in [0.2, 0.25) is 0 Å². The molecule has 3 N–H and O–H groups in total. The van der Waals surface area contributed by atoms with Gasteiger partial charge in [-0.05, 0) is 39.5 Å². The predicted molar refractivity (Wildman–Crippen MR) is 70.8 cm³/mol. The molecule has 2 rings (SSSR count). The second kappa shape index (κ2) is 4.67. The maximum absolute atomic E-state index is 11.9. The number of nitrogen functional groups attached to an aromatic ring is 1. The van der Waals surface area contributed by atoms with E-state index >= 15 is 0 Å². The molecule has 0 aliphatic heterocycles. The van der Waals surface area contributed by atoms with E-state index in [2.05, 4.69) is 21.2 Å². The number of hydrogen-bond donors (Lipinski definition) is 2. The molecule has 0 aliphatic carbocycles. The van der Waals surface area contributed by atoms with Crippen LogP contribution in [-0.2, 0) is 0 Å². The van der Waals surface area contributed by atoms with Crippen molar-refractivity contribution in [1.29, 1.82) is 0 Å². The van der Waals surface area contributed by atoms with Crippen molar-refractivity contribution in [2.45, 2.75) is 0 Å². The van der Waals surface area contributed by atoms with E-state index in [0.29, 0.717) is 15.7 Å². The molecule has 82 valence electrons. The van der Waals surface area contributed by atoms with Crippen molar-refractivity contribution in [2.24, 2.45) is 0 Å². The Morgan fingerprint density at radius 2 is 2.19 bits per heavy atom. The topological polar surface area (TPSA) is 55.1 Å². The van der Waals surface area contributed by atoms with Crippen LogP contribution in [0.4, 0.5) is 11.4 Å². The van der Waals surface area contributed by atoms with Gasteiger partial charge in [0.25, 0.3) is 5.91 Å². The van der Waals surface area contributed by atoms with Crippen LogP contribution in [0, 0.1) is 0 Å². The zero-order valence-electron chi connectivity index (χ0n) is 8.24. The van der Waals surface area contributed by atoms with E-state index in [0.717, 1.165) is 5.69 Å². The average molecular weight is 297 g/mol. The molecule has 16 heavy (non-hydrogen) atoms. The first-order valence-electron chi connectivity index (χ1n) is 4.56. The van der Waals surface area contributed by atoms with E-state index in [-0.39, 0.29) is 5.91 Å². The number of carbonyl (C=O) groups is 1. The number of rotatable bonds is 2. The van der Waals surface area contributed by atoms with Crippen molar-refractivity contribution >= 4 is 44.5 Å². The molecule has 0 atom stereocenters. The van der Waals surface area contributed by atoms with Crippen LogP contribution in [0.1, 0.15) is 10.4 Å². The van der Waals surface area contributed by atoms with E-state index in [9.17, 15) is 4.79 Å². The molecular weight excluding hydrogens is 288 g/mol. The zero-order valence-corrected chi connectivity index (χ0v) is 10.6.